The van der Waals surface area contributed by atoms with E-state index >= 15 is 0 Å². The Labute approximate surface area is 128 Å². The Balaban J connectivity index is 2.05. The Morgan fingerprint density at radius 1 is 1.45 bits per heavy atom. The van der Waals surface area contributed by atoms with Crippen molar-refractivity contribution in [3.8, 4) is 5.75 Å². The molecule has 2 N–H and O–H groups in total. The number of carbonyl (C=O) groups excluding carboxylic acids is 1. The number of nitrogens with two attached hydrogens (primary N) is 1. The first-order valence-electron chi connectivity index (χ1n) is 6.98. The van der Waals surface area contributed by atoms with Crippen LogP contribution in [0, 0.1) is 5.92 Å². The van der Waals surface area contributed by atoms with Gasteiger partial charge in [0.05, 0.1) is 12.7 Å². The van der Waals surface area contributed by atoms with Gasteiger partial charge in [-0.1, -0.05) is 0 Å². The normalized spacial score (nSPS) is 16.2. The maximum Gasteiger partial charge on any atom is 0.255 e. The molecule has 1 saturated heterocycles. The van der Waals surface area contributed by atoms with E-state index < -0.39 is 0 Å². The van der Waals surface area contributed by atoms with Crippen LogP contribution in [0.1, 0.15) is 29.6 Å². The van der Waals surface area contributed by atoms with E-state index in [4.69, 9.17) is 10.5 Å². The lowest BCUT2D eigenvalue weighted by Gasteiger charge is -2.32. The number of likely N-dealkylation sites (tertiary alicyclic amines) is 1. The van der Waals surface area contributed by atoms with Crippen LogP contribution in [0.5, 0.6) is 5.75 Å². The van der Waals surface area contributed by atoms with Crippen molar-refractivity contribution in [3.05, 3.63) is 28.2 Å². The molecule has 1 heterocycles. The van der Waals surface area contributed by atoms with Crippen molar-refractivity contribution in [1.29, 1.82) is 0 Å². The smallest absolute Gasteiger partial charge is 0.255 e. The Kier molecular flexibility index (Phi) is 5.43. The fourth-order valence-electron chi connectivity index (χ4n) is 2.63. The van der Waals surface area contributed by atoms with Crippen LogP contribution in [0.4, 0.5) is 0 Å². The van der Waals surface area contributed by atoms with E-state index in [1.54, 1.807) is 13.2 Å². The summed E-state index contributed by atoms with van der Waals surface area (Å²) in [5.41, 5.74) is 6.26. The monoisotopic (exact) mass is 340 g/mol. The van der Waals surface area contributed by atoms with Crippen molar-refractivity contribution >= 4 is 21.8 Å². The van der Waals surface area contributed by atoms with Crippen molar-refractivity contribution in [2.45, 2.75) is 19.3 Å². The van der Waals surface area contributed by atoms with Gasteiger partial charge in [0, 0.05) is 17.6 Å². The third-order valence-electron chi connectivity index (χ3n) is 3.88. The molecule has 0 saturated carbocycles. The number of halogens is 1. The van der Waals surface area contributed by atoms with Gasteiger partial charge in [0.25, 0.3) is 5.91 Å². The minimum Gasteiger partial charge on any atom is -0.497 e. The number of benzene rings is 1. The summed E-state index contributed by atoms with van der Waals surface area (Å²) in [6, 6.07) is 5.49. The number of nitrogens with zero attached hydrogens (tertiary/aromatic N) is 1. The highest BCUT2D eigenvalue weighted by Crippen LogP contribution is 2.26. The van der Waals surface area contributed by atoms with Crippen LogP contribution in [-0.4, -0.2) is 37.6 Å². The molecular weight excluding hydrogens is 320 g/mol. The molecular formula is C15H21BrN2O2. The molecule has 1 aromatic rings. The lowest BCUT2D eigenvalue weighted by atomic mass is 9.93. The number of rotatable bonds is 4. The average molecular weight is 341 g/mol. The largest absolute Gasteiger partial charge is 0.497 e. The van der Waals surface area contributed by atoms with Crippen molar-refractivity contribution < 1.29 is 9.53 Å². The SMILES string of the molecule is COc1ccc(Br)c(C(=O)N2CCC(CCN)CC2)c1. The Bertz CT molecular complexity index is 471. The molecule has 4 nitrogen and oxygen atoms in total. The fourth-order valence-corrected chi connectivity index (χ4v) is 3.04. The summed E-state index contributed by atoms with van der Waals surface area (Å²) >= 11 is 3.44. The van der Waals surface area contributed by atoms with Gasteiger partial charge >= 0.3 is 0 Å². The van der Waals surface area contributed by atoms with E-state index in [1.165, 1.54) is 0 Å². The molecule has 1 amide bonds. The van der Waals surface area contributed by atoms with Gasteiger partial charge in [0.15, 0.2) is 0 Å². The Morgan fingerprint density at radius 2 is 2.15 bits per heavy atom. The molecule has 110 valence electrons. The molecule has 0 aromatic heterocycles. The van der Waals surface area contributed by atoms with Crippen LogP contribution in [-0.2, 0) is 0 Å². The standard InChI is InChI=1S/C15H21BrN2O2/c1-20-12-2-3-14(16)13(10-12)15(19)18-8-5-11(4-7-17)6-9-18/h2-3,10-11H,4-9,17H2,1H3. The lowest BCUT2D eigenvalue weighted by molar-refractivity contribution is 0.0686. The summed E-state index contributed by atoms with van der Waals surface area (Å²) in [7, 11) is 1.61. The van der Waals surface area contributed by atoms with Crippen LogP contribution in [0.3, 0.4) is 0 Å². The topological polar surface area (TPSA) is 55.6 Å². The predicted molar refractivity (Wildman–Crippen MR) is 83.0 cm³/mol. The zero-order chi connectivity index (χ0) is 14.5. The van der Waals surface area contributed by atoms with Gasteiger partial charge in [-0.3, -0.25) is 4.79 Å². The molecule has 0 aliphatic carbocycles. The summed E-state index contributed by atoms with van der Waals surface area (Å²) in [6.07, 6.45) is 3.15. The van der Waals surface area contributed by atoms with E-state index in [2.05, 4.69) is 15.9 Å². The molecule has 0 unspecified atom stereocenters. The van der Waals surface area contributed by atoms with E-state index in [9.17, 15) is 4.79 Å². The molecule has 0 radical (unpaired) electrons. The summed E-state index contributed by atoms with van der Waals surface area (Å²) < 4.78 is 6.00. The summed E-state index contributed by atoms with van der Waals surface area (Å²) in [5.74, 6) is 1.44. The van der Waals surface area contributed by atoms with Gasteiger partial charge in [0.1, 0.15) is 5.75 Å². The summed E-state index contributed by atoms with van der Waals surface area (Å²) in [5, 5.41) is 0. The van der Waals surface area contributed by atoms with Gasteiger partial charge < -0.3 is 15.4 Å². The number of methoxy groups -OCH3 is 1. The highest BCUT2D eigenvalue weighted by atomic mass is 79.9. The highest BCUT2D eigenvalue weighted by molar-refractivity contribution is 9.10. The van der Waals surface area contributed by atoms with Crippen molar-refractivity contribution in [3.63, 3.8) is 0 Å². The number of hydrogen-bond donors (Lipinski definition) is 1. The zero-order valence-corrected chi connectivity index (χ0v) is 13.4. The third kappa shape index (κ3) is 3.52. The predicted octanol–water partition coefficient (Wildman–Crippen LogP) is 2.66. The molecule has 5 heteroatoms. The van der Waals surface area contributed by atoms with Gasteiger partial charge in [-0.25, -0.2) is 0 Å². The van der Waals surface area contributed by atoms with Crippen molar-refractivity contribution in [2.24, 2.45) is 11.7 Å². The molecule has 1 fully saturated rings. The summed E-state index contributed by atoms with van der Waals surface area (Å²) in [4.78, 5) is 14.5. The van der Waals surface area contributed by atoms with E-state index in [-0.39, 0.29) is 5.91 Å². The van der Waals surface area contributed by atoms with Gasteiger partial charge in [0.2, 0.25) is 0 Å². The first kappa shape index (κ1) is 15.3. The zero-order valence-electron chi connectivity index (χ0n) is 11.8. The van der Waals surface area contributed by atoms with Crippen LogP contribution in [0.2, 0.25) is 0 Å². The quantitative estimate of drug-likeness (QED) is 0.916. The molecule has 1 aliphatic heterocycles. The van der Waals surface area contributed by atoms with Crippen molar-refractivity contribution in [1.82, 2.24) is 4.90 Å². The van der Waals surface area contributed by atoms with E-state index in [0.717, 1.165) is 43.4 Å². The van der Waals surface area contributed by atoms with Gasteiger partial charge in [-0.05, 0) is 65.9 Å². The van der Waals surface area contributed by atoms with Crippen molar-refractivity contribution in [2.75, 3.05) is 26.7 Å². The maximum absolute atomic E-state index is 12.6. The second-order valence-corrected chi connectivity index (χ2v) is 6.01. The first-order valence-corrected chi connectivity index (χ1v) is 7.78. The van der Waals surface area contributed by atoms with Crippen LogP contribution >= 0.6 is 15.9 Å². The van der Waals surface area contributed by atoms with E-state index in [1.807, 2.05) is 17.0 Å². The maximum atomic E-state index is 12.6. The molecule has 0 spiro atoms. The molecule has 20 heavy (non-hydrogen) atoms. The number of amides is 1. The number of ether oxygens (including phenoxy) is 1. The molecule has 1 aliphatic rings. The molecule has 0 atom stereocenters. The second-order valence-electron chi connectivity index (χ2n) is 5.16. The number of hydrogen-bond acceptors (Lipinski definition) is 3. The first-order chi connectivity index (χ1) is 9.65. The molecule has 1 aromatic carbocycles. The Hall–Kier alpha value is -1.07. The van der Waals surface area contributed by atoms with Crippen LogP contribution in [0.15, 0.2) is 22.7 Å². The number of piperidine rings is 1. The Morgan fingerprint density at radius 3 is 2.75 bits per heavy atom. The van der Waals surface area contributed by atoms with Crippen LogP contribution < -0.4 is 10.5 Å². The summed E-state index contributed by atoms with van der Waals surface area (Å²) in [6.45, 7) is 2.36. The van der Waals surface area contributed by atoms with E-state index in [0.29, 0.717) is 17.2 Å². The average Bonchev–Trinajstić information content (AvgIpc) is 2.48. The van der Waals surface area contributed by atoms with Gasteiger partial charge in [-0.15, -0.1) is 0 Å². The second kappa shape index (κ2) is 7.09. The van der Waals surface area contributed by atoms with Gasteiger partial charge in [-0.2, -0.15) is 0 Å². The fraction of sp³-hybridized carbons (Fsp3) is 0.533. The number of carbonyl (C=O) groups is 1. The minimum absolute atomic E-state index is 0.0713. The molecule has 2 rings (SSSR count). The third-order valence-corrected chi connectivity index (χ3v) is 4.57. The highest BCUT2D eigenvalue weighted by Gasteiger charge is 2.24. The molecule has 0 bridgehead atoms. The minimum atomic E-state index is 0.0713. The van der Waals surface area contributed by atoms with Crippen LogP contribution in [0.25, 0.3) is 0 Å². The lowest BCUT2D eigenvalue weighted by Crippen LogP contribution is -2.39.